The van der Waals surface area contributed by atoms with Crippen LogP contribution in [0.4, 0.5) is 4.39 Å². The van der Waals surface area contributed by atoms with Crippen LogP contribution in [0.25, 0.3) is 0 Å². The number of esters is 1. The van der Waals surface area contributed by atoms with Gasteiger partial charge in [0.05, 0.1) is 19.6 Å². The van der Waals surface area contributed by atoms with Crippen LogP contribution >= 0.6 is 0 Å². The SMILES string of the molecule is COc1ccc(CC(=O)OCC(=O)NC2(C#N)CCCC2)cc1F. The Morgan fingerprint density at radius 2 is 2.08 bits per heavy atom. The molecule has 0 aliphatic heterocycles. The Morgan fingerprint density at radius 3 is 2.67 bits per heavy atom. The van der Waals surface area contributed by atoms with Crippen molar-refractivity contribution >= 4 is 11.9 Å². The lowest BCUT2D eigenvalue weighted by atomic mass is 10.00. The maximum absolute atomic E-state index is 13.6. The van der Waals surface area contributed by atoms with Gasteiger partial charge in [-0.3, -0.25) is 9.59 Å². The normalized spacial score (nSPS) is 15.4. The third-order valence-corrected chi connectivity index (χ3v) is 3.98. The highest BCUT2D eigenvalue weighted by molar-refractivity contribution is 5.82. The smallest absolute Gasteiger partial charge is 0.310 e. The van der Waals surface area contributed by atoms with E-state index in [1.807, 2.05) is 0 Å². The van der Waals surface area contributed by atoms with E-state index in [4.69, 9.17) is 9.47 Å². The monoisotopic (exact) mass is 334 g/mol. The molecule has 2 rings (SSSR count). The Hall–Kier alpha value is -2.62. The molecular formula is C17H19FN2O4. The predicted octanol–water partition coefficient (Wildman–Crippen LogP) is 1.87. The van der Waals surface area contributed by atoms with E-state index in [9.17, 15) is 19.2 Å². The lowest BCUT2D eigenvalue weighted by Crippen LogP contribution is -2.46. The number of nitriles is 1. The largest absolute Gasteiger partial charge is 0.494 e. The first-order valence-electron chi connectivity index (χ1n) is 7.68. The number of nitrogens with zero attached hydrogens (tertiary/aromatic N) is 1. The topological polar surface area (TPSA) is 88.4 Å². The summed E-state index contributed by atoms with van der Waals surface area (Å²) in [6.45, 7) is -0.457. The van der Waals surface area contributed by atoms with Gasteiger partial charge in [0.15, 0.2) is 18.2 Å². The second-order valence-corrected chi connectivity index (χ2v) is 5.76. The highest BCUT2D eigenvalue weighted by Gasteiger charge is 2.35. The minimum atomic E-state index is -0.845. The molecule has 1 fully saturated rings. The highest BCUT2D eigenvalue weighted by Crippen LogP contribution is 2.28. The van der Waals surface area contributed by atoms with Gasteiger partial charge in [0.25, 0.3) is 5.91 Å². The van der Waals surface area contributed by atoms with Gasteiger partial charge in [-0.1, -0.05) is 6.07 Å². The van der Waals surface area contributed by atoms with Crippen LogP contribution in [-0.2, 0) is 20.7 Å². The van der Waals surface area contributed by atoms with E-state index in [2.05, 4.69) is 11.4 Å². The van der Waals surface area contributed by atoms with Crippen molar-refractivity contribution in [1.82, 2.24) is 5.32 Å². The van der Waals surface area contributed by atoms with Crippen molar-refractivity contribution in [3.63, 3.8) is 0 Å². The van der Waals surface area contributed by atoms with Crippen LogP contribution in [0.15, 0.2) is 18.2 Å². The molecule has 1 aromatic rings. The summed E-state index contributed by atoms with van der Waals surface area (Å²) >= 11 is 0. The Kier molecular flexibility index (Phi) is 5.74. The van der Waals surface area contributed by atoms with Gasteiger partial charge in [0.1, 0.15) is 5.54 Å². The maximum Gasteiger partial charge on any atom is 0.310 e. The van der Waals surface area contributed by atoms with Crippen LogP contribution < -0.4 is 10.1 Å². The van der Waals surface area contributed by atoms with E-state index < -0.39 is 29.8 Å². The van der Waals surface area contributed by atoms with Gasteiger partial charge < -0.3 is 14.8 Å². The number of ether oxygens (including phenoxy) is 2. The van der Waals surface area contributed by atoms with Crippen molar-refractivity contribution in [3.05, 3.63) is 29.6 Å². The summed E-state index contributed by atoms with van der Waals surface area (Å²) in [4.78, 5) is 23.6. The van der Waals surface area contributed by atoms with Crippen molar-refractivity contribution in [1.29, 1.82) is 5.26 Å². The van der Waals surface area contributed by atoms with Gasteiger partial charge in [0.2, 0.25) is 0 Å². The molecule has 0 saturated heterocycles. The third kappa shape index (κ3) is 4.44. The molecule has 6 nitrogen and oxygen atoms in total. The minimum absolute atomic E-state index is 0.0878. The number of amides is 1. The van der Waals surface area contributed by atoms with Crippen LogP contribution in [0.3, 0.4) is 0 Å². The third-order valence-electron chi connectivity index (χ3n) is 3.98. The molecule has 0 radical (unpaired) electrons. The number of hydrogen-bond donors (Lipinski definition) is 1. The summed E-state index contributed by atoms with van der Waals surface area (Å²) in [6.07, 6.45) is 2.83. The standard InChI is InChI=1S/C17H19FN2O4/c1-23-14-5-4-12(8-13(14)18)9-16(22)24-10-15(21)20-17(11-19)6-2-3-7-17/h4-5,8H,2-3,6-7,9-10H2,1H3,(H,20,21). The van der Waals surface area contributed by atoms with Crippen LogP contribution in [0, 0.1) is 17.1 Å². The number of rotatable bonds is 6. The van der Waals surface area contributed by atoms with Crippen molar-refractivity contribution < 1.29 is 23.5 Å². The number of methoxy groups -OCH3 is 1. The van der Waals surface area contributed by atoms with Crippen LogP contribution in [0.1, 0.15) is 31.2 Å². The summed E-state index contributed by atoms with van der Waals surface area (Å²) in [5.74, 6) is -1.64. The average Bonchev–Trinajstić information content (AvgIpc) is 3.02. The number of carbonyl (C=O) groups excluding carboxylic acids is 2. The number of hydrogen-bond acceptors (Lipinski definition) is 5. The van der Waals surface area contributed by atoms with E-state index in [1.54, 1.807) is 6.07 Å². The minimum Gasteiger partial charge on any atom is -0.494 e. The quantitative estimate of drug-likeness (QED) is 0.802. The second kappa shape index (κ2) is 7.77. The molecule has 24 heavy (non-hydrogen) atoms. The number of benzene rings is 1. The Morgan fingerprint density at radius 1 is 1.38 bits per heavy atom. The highest BCUT2D eigenvalue weighted by atomic mass is 19.1. The molecular weight excluding hydrogens is 315 g/mol. The van der Waals surface area contributed by atoms with Crippen LogP contribution in [0.5, 0.6) is 5.75 Å². The molecule has 1 amide bonds. The lowest BCUT2D eigenvalue weighted by molar-refractivity contribution is -0.148. The second-order valence-electron chi connectivity index (χ2n) is 5.76. The molecule has 1 saturated carbocycles. The molecule has 128 valence electrons. The number of carbonyl (C=O) groups is 2. The van der Waals surface area contributed by atoms with E-state index in [1.165, 1.54) is 19.2 Å². The van der Waals surface area contributed by atoms with Crippen LogP contribution in [0.2, 0.25) is 0 Å². The Labute approximate surface area is 139 Å². The van der Waals surface area contributed by atoms with Gasteiger partial charge >= 0.3 is 5.97 Å². The van der Waals surface area contributed by atoms with Gasteiger partial charge in [-0.25, -0.2) is 4.39 Å². The molecule has 0 spiro atoms. The molecule has 7 heteroatoms. The predicted molar refractivity (Wildman–Crippen MR) is 82.6 cm³/mol. The van der Waals surface area contributed by atoms with E-state index >= 15 is 0 Å². The molecule has 1 aliphatic rings. The van der Waals surface area contributed by atoms with Crippen molar-refractivity contribution in [3.8, 4) is 11.8 Å². The lowest BCUT2D eigenvalue weighted by Gasteiger charge is -2.21. The van der Waals surface area contributed by atoms with E-state index in [0.717, 1.165) is 12.8 Å². The fourth-order valence-electron chi connectivity index (χ4n) is 2.73. The van der Waals surface area contributed by atoms with Gasteiger partial charge in [-0.15, -0.1) is 0 Å². The van der Waals surface area contributed by atoms with Gasteiger partial charge in [-0.05, 0) is 43.4 Å². The van der Waals surface area contributed by atoms with Crippen molar-refractivity contribution in [2.75, 3.05) is 13.7 Å². The average molecular weight is 334 g/mol. The molecule has 0 atom stereocenters. The van der Waals surface area contributed by atoms with Gasteiger partial charge in [0, 0.05) is 0 Å². The summed E-state index contributed by atoms with van der Waals surface area (Å²) < 4.78 is 23.2. The zero-order valence-electron chi connectivity index (χ0n) is 13.4. The molecule has 0 bridgehead atoms. The van der Waals surface area contributed by atoms with Crippen LogP contribution in [-0.4, -0.2) is 31.1 Å². The zero-order chi connectivity index (χ0) is 17.6. The summed E-state index contributed by atoms with van der Waals surface area (Å²) in [5.41, 5.74) is -0.425. The fraction of sp³-hybridized carbons (Fsp3) is 0.471. The van der Waals surface area contributed by atoms with E-state index in [0.29, 0.717) is 18.4 Å². The Bertz CT molecular complexity index is 663. The summed E-state index contributed by atoms with van der Waals surface area (Å²) in [6, 6.07) is 6.28. The first kappa shape index (κ1) is 17.7. The molecule has 1 N–H and O–H groups in total. The molecule has 1 aromatic carbocycles. The van der Waals surface area contributed by atoms with Crippen molar-refractivity contribution in [2.45, 2.75) is 37.6 Å². The first-order valence-corrected chi connectivity index (χ1v) is 7.68. The first-order chi connectivity index (χ1) is 11.5. The molecule has 0 heterocycles. The Balaban J connectivity index is 1.81. The number of halogens is 1. The molecule has 1 aliphatic carbocycles. The summed E-state index contributed by atoms with van der Waals surface area (Å²) in [5, 5.41) is 11.8. The molecule has 0 aromatic heterocycles. The molecule has 0 unspecified atom stereocenters. The number of nitrogens with one attached hydrogen (secondary N) is 1. The van der Waals surface area contributed by atoms with E-state index in [-0.39, 0.29) is 12.2 Å². The van der Waals surface area contributed by atoms with Gasteiger partial charge in [-0.2, -0.15) is 5.26 Å². The fourth-order valence-corrected chi connectivity index (χ4v) is 2.73. The summed E-state index contributed by atoms with van der Waals surface area (Å²) in [7, 11) is 1.35. The zero-order valence-corrected chi connectivity index (χ0v) is 13.4. The van der Waals surface area contributed by atoms with Crippen molar-refractivity contribution in [2.24, 2.45) is 0 Å². The maximum atomic E-state index is 13.6.